The molecule has 0 aliphatic heterocycles. The molecule has 1 unspecified atom stereocenters. The summed E-state index contributed by atoms with van der Waals surface area (Å²) >= 11 is 0. The van der Waals surface area contributed by atoms with E-state index in [2.05, 4.69) is 4.74 Å². The van der Waals surface area contributed by atoms with Crippen molar-refractivity contribution in [2.75, 3.05) is 7.11 Å². The Morgan fingerprint density at radius 1 is 1.43 bits per heavy atom. The molecule has 0 rings (SSSR count). The summed E-state index contributed by atoms with van der Waals surface area (Å²) in [6.07, 6.45) is -3.80. The summed E-state index contributed by atoms with van der Waals surface area (Å²) in [6.45, 7) is 4.78. The number of halogens is 2. The summed E-state index contributed by atoms with van der Waals surface area (Å²) in [7, 11) is 0.947. The Morgan fingerprint density at radius 3 is 2.07 bits per heavy atom. The van der Waals surface area contributed by atoms with E-state index in [-0.39, 0.29) is 0 Å². The molecule has 0 aromatic carbocycles. The van der Waals surface area contributed by atoms with Crippen molar-refractivity contribution < 1.29 is 23.4 Å². The Bertz CT molecular complexity index is 211. The molecule has 0 radical (unpaired) electrons. The average molecular weight is 210 g/mol. The highest BCUT2D eigenvalue weighted by Crippen LogP contribution is 2.26. The van der Waals surface area contributed by atoms with Crippen molar-refractivity contribution in [1.82, 2.24) is 0 Å². The highest BCUT2D eigenvalue weighted by molar-refractivity contribution is 5.84. The number of hydrogen-bond donors (Lipinski definition) is 1. The molecular weight excluding hydrogens is 194 g/mol. The second kappa shape index (κ2) is 4.31. The number of ether oxygens (including phenoxy) is 1. The molecule has 84 valence electrons. The van der Waals surface area contributed by atoms with Crippen molar-refractivity contribution in [2.45, 2.75) is 39.4 Å². The van der Waals surface area contributed by atoms with Crippen molar-refractivity contribution in [1.29, 1.82) is 0 Å². The Kier molecular flexibility index (Phi) is 4.15. The lowest BCUT2D eigenvalue weighted by molar-refractivity contribution is -0.257. The third kappa shape index (κ3) is 3.31. The second-order valence-corrected chi connectivity index (χ2v) is 4.20. The van der Waals surface area contributed by atoms with Crippen LogP contribution in [-0.4, -0.2) is 30.2 Å². The molecule has 14 heavy (non-hydrogen) atoms. The number of rotatable bonds is 4. The SMILES string of the molecule is COC(O)(CC(=O)C(C)(C)C)C(F)F. The predicted molar refractivity (Wildman–Crippen MR) is 47.0 cm³/mol. The Morgan fingerprint density at radius 2 is 1.86 bits per heavy atom. The van der Waals surface area contributed by atoms with Gasteiger partial charge in [0, 0.05) is 12.5 Å². The quantitative estimate of drug-likeness (QED) is 0.717. The van der Waals surface area contributed by atoms with E-state index in [4.69, 9.17) is 0 Å². The van der Waals surface area contributed by atoms with Gasteiger partial charge in [-0.15, -0.1) is 0 Å². The molecule has 0 aromatic heterocycles. The minimum atomic E-state index is -3.10. The fourth-order valence-corrected chi connectivity index (χ4v) is 0.734. The van der Waals surface area contributed by atoms with E-state index >= 15 is 0 Å². The first-order chi connectivity index (χ1) is 6.13. The zero-order valence-electron chi connectivity index (χ0n) is 8.80. The number of aliphatic hydroxyl groups is 1. The molecule has 1 N–H and O–H groups in total. The Balaban J connectivity index is 4.56. The summed E-state index contributed by atoms with van der Waals surface area (Å²) in [4.78, 5) is 11.4. The summed E-state index contributed by atoms with van der Waals surface area (Å²) < 4.78 is 28.9. The summed E-state index contributed by atoms with van der Waals surface area (Å²) in [5.41, 5.74) is -0.763. The van der Waals surface area contributed by atoms with E-state index in [1.165, 1.54) is 0 Å². The molecule has 0 heterocycles. The molecule has 3 nitrogen and oxygen atoms in total. The van der Waals surface area contributed by atoms with E-state index in [9.17, 15) is 18.7 Å². The standard InChI is InChI=1S/C9H16F2O3/c1-8(2,3)6(12)5-9(13,14-4)7(10)11/h7,13H,5H2,1-4H3. The molecule has 0 saturated carbocycles. The summed E-state index contributed by atoms with van der Waals surface area (Å²) in [5, 5.41) is 9.24. The van der Waals surface area contributed by atoms with Crippen molar-refractivity contribution in [2.24, 2.45) is 5.41 Å². The van der Waals surface area contributed by atoms with Crippen LogP contribution in [0.1, 0.15) is 27.2 Å². The van der Waals surface area contributed by atoms with Gasteiger partial charge in [0.05, 0.1) is 6.42 Å². The highest BCUT2D eigenvalue weighted by Gasteiger charge is 2.42. The minimum Gasteiger partial charge on any atom is -0.361 e. The van der Waals surface area contributed by atoms with Gasteiger partial charge in [-0.05, 0) is 0 Å². The van der Waals surface area contributed by atoms with Crippen molar-refractivity contribution in [3.05, 3.63) is 0 Å². The number of carbonyl (C=O) groups is 1. The van der Waals surface area contributed by atoms with E-state index in [0.29, 0.717) is 0 Å². The summed E-state index contributed by atoms with van der Waals surface area (Å²) in [5.74, 6) is -3.13. The van der Waals surface area contributed by atoms with Gasteiger partial charge < -0.3 is 9.84 Å². The Labute approximate surface area is 82.1 Å². The van der Waals surface area contributed by atoms with Gasteiger partial charge in [-0.3, -0.25) is 4.79 Å². The van der Waals surface area contributed by atoms with Gasteiger partial charge >= 0.3 is 0 Å². The lowest BCUT2D eigenvalue weighted by Gasteiger charge is -2.27. The van der Waals surface area contributed by atoms with Crippen LogP contribution in [0.4, 0.5) is 8.78 Å². The first kappa shape index (κ1) is 13.4. The highest BCUT2D eigenvalue weighted by atomic mass is 19.3. The number of carbonyl (C=O) groups excluding carboxylic acids is 1. The largest absolute Gasteiger partial charge is 0.361 e. The number of ketones is 1. The van der Waals surface area contributed by atoms with Crippen LogP contribution in [0.5, 0.6) is 0 Å². The van der Waals surface area contributed by atoms with Crippen LogP contribution >= 0.6 is 0 Å². The molecule has 0 bridgehead atoms. The fraction of sp³-hybridized carbons (Fsp3) is 0.889. The monoisotopic (exact) mass is 210 g/mol. The van der Waals surface area contributed by atoms with Gasteiger partial charge in [-0.1, -0.05) is 20.8 Å². The normalized spacial score (nSPS) is 16.9. The number of alkyl halides is 2. The van der Waals surface area contributed by atoms with Gasteiger partial charge in [0.2, 0.25) is 5.79 Å². The van der Waals surface area contributed by atoms with E-state index in [0.717, 1.165) is 7.11 Å². The van der Waals surface area contributed by atoms with Crippen LogP contribution in [0.15, 0.2) is 0 Å². The lowest BCUT2D eigenvalue weighted by Crippen LogP contribution is -2.43. The maximum absolute atomic E-state index is 12.3. The van der Waals surface area contributed by atoms with Gasteiger partial charge in [-0.2, -0.15) is 0 Å². The first-order valence-electron chi connectivity index (χ1n) is 4.22. The zero-order valence-corrected chi connectivity index (χ0v) is 8.80. The van der Waals surface area contributed by atoms with E-state index < -0.39 is 29.8 Å². The molecule has 0 aliphatic rings. The molecule has 0 saturated heterocycles. The molecule has 0 amide bonds. The van der Waals surface area contributed by atoms with Crippen molar-refractivity contribution in [3.63, 3.8) is 0 Å². The van der Waals surface area contributed by atoms with Gasteiger partial charge in [0.25, 0.3) is 6.43 Å². The van der Waals surface area contributed by atoms with E-state index in [1.807, 2.05) is 0 Å². The maximum Gasteiger partial charge on any atom is 0.291 e. The number of Topliss-reactive ketones (excluding diaryl/α,β-unsaturated/α-hetero) is 1. The minimum absolute atomic E-state index is 0.470. The van der Waals surface area contributed by atoms with Crippen molar-refractivity contribution in [3.8, 4) is 0 Å². The molecule has 1 atom stereocenters. The van der Waals surface area contributed by atoms with Crippen LogP contribution in [0.25, 0.3) is 0 Å². The second-order valence-electron chi connectivity index (χ2n) is 4.20. The van der Waals surface area contributed by atoms with Crippen LogP contribution in [-0.2, 0) is 9.53 Å². The van der Waals surface area contributed by atoms with Gasteiger partial charge in [0.1, 0.15) is 5.78 Å². The topological polar surface area (TPSA) is 46.5 Å². The van der Waals surface area contributed by atoms with Crippen LogP contribution in [0.2, 0.25) is 0 Å². The third-order valence-corrected chi connectivity index (χ3v) is 1.94. The van der Waals surface area contributed by atoms with Crippen LogP contribution in [0.3, 0.4) is 0 Å². The molecule has 0 aliphatic carbocycles. The zero-order chi connectivity index (χ0) is 11.6. The number of methoxy groups -OCH3 is 1. The first-order valence-corrected chi connectivity index (χ1v) is 4.22. The molecule has 0 spiro atoms. The maximum atomic E-state index is 12.3. The number of hydrogen-bond acceptors (Lipinski definition) is 3. The summed E-state index contributed by atoms with van der Waals surface area (Å²) in [6, 6.07) is 0. The predicted octanol–water partition coefficient (Wildman–Crippen LogP) is 1.59. The van der Waals surface area contributed by atoms with Crippen molar-refractivity contribution >= 4 is 5.78 Å². The van der Waals surface area contributed by atoms with Gasteiger partial charge in [-0.25, -0.2) is 8.78 Å². The average Bonchev–Trinajstić information content (AvgIpc) is 2.02. The smallest absolute Gasteiger partial charge is 0.291 e. The molecular formula is C9H16F2O3. The van der Waals surface area contributed by atoms with E-state index in [1.54, 1.807) is 20.8 Å². The molecule has 0 aromatic rings. The lowest BCUT2D eigenvalue weighted by atomic mass is 9.87. The Hall–Kier alpha value is -0.550. The van der Waals surface area contributed by atoms with Gasteiger partial charge in [0.15, 0.2) is 0 Å². The van der Waals surface area contributed by atoms with Crippen LogP contribution < -0.4 is 0 Å². The van der Waals surface area contributed by atoms with Crippen LogP contribution in [0, 0.1) is 5.41 Å². The fourth-order valence-electron chi connectivity index (χ4n) is 0.734. The molecule has 0 fully saturated rings. The third-order valence-electron chi connectivity index (χ3n) is 1.94. The molecule has 5 heteroatoms.